The Morgan fingerprint density at radius 2 is 2.00 bits per heavy atom. The van der Waals surface area contributed by atoms with Crippen molar-refractivity contribution in [2.75, 3.05) is 18.5 Å². The average Bonchev–Trinajstić information content (AvgIpc) is 2.81. The molecule has 1 aromatic heterocycles. The van der Waals surface area contributed by atoms with Gasteiger partial charge < -0.3 is 14.6 Å². The first-order valence-electron chi connectivity index (χ1n) is 6.51. The van der Waals surface area contributed by atoms with Crippen molar-refractivity contribution >= 4 is 11.6 Å². The van der Waals surface area contributed by atoms with Gasteiger partial charge in [-0.25, -0.2) is 13.8 Å². The molecule has 0 aliphatic rings. The van der Waals surface area contributed by atoms with Crippen LogP contribution in [0.15, 0.2) is 30.6 Å². The van der Waals surface area contributed by atoms with E-state index < -0.39 is 11.6 Å². The zero-order valence-corrected chi connectivity index (χ0v) is 11.3. The van der Waals surface area contributed by atoms with Gasteiger partial charge in [-0.1, -0.05) is 0 Å². The third-order valence-electron chi connectivity index (χ3n) is 2.73. The van der Waals surface area contributed by atoms with E-state index in [9.17, 15) is 8.78 Å². The molecule has 6 heteroatoms. The molecule has 20 heavy (non-hydrogen) atoms. The smallest absolute Gasteiger partial charge is 0.207 e. The number of anilines is 2. The number of nitrogens with zero attached hydrogens (tertiary/aromatic N) is 2. The van der Waals surface area contributed by atoms with Gasteiger partial charge in [0.05, 0.1) is 0 Å². The number of aryl methyl sites for hydroxylation is 1. The number of rotatable bonds is 7. The lowest BCUT2D eigenvalue weighted by Crippen LogP contribution is -2.06. The second kappa shape index (κ2) is 7.00. The number of benzene rings is 1. The summed E-state index contributed by atoms with van der Waals surface area (Å²) in [4.78, 5) is 4.14. The van der Waals surface area contributed by atoms with Crippen LogP contribution >= 0.6 is 0 Å². The van der Waals surface area contributed by atoms with Crippen molar-refractivity contribution < 1.29 is 13.5 Å². The SMILES string of the molecule is CCOCCCn1ccnc1Nc1cc(F)cc(F)c1. The second-order valence-electron chi connectivity index (χ2n) is 4.28. The van der Waals surface area contributed by atoms with E-state index in [2.05, 4.69) is 10.3 Å². The van der Waals surface area contributed by atoms with Gasteiger partial charge in [0.25, 0.3) is 0 Å². The first kappa shape index (κ1) is 14.5. The molecule has 0 unspecified atom stereocenters. The van der Waals surface area contributed by atoms with Gasteiger partial charge in [-0.3, -0.25) is 0 Å². The van der Waals surface area contributed by atoms with Gasteiger partial charge in [0.2, 0.25) is 5.95 Å². The first-order valence-corrected chi connectivity index (χ1v) is 6.51. The van der Waals surface area contributed by atoms with Gasteiger partial charge in [0, 0.05) is 43.9 Å². The summed E-state index contributed by atoms with van der Waals surface area (Å²) in [5, 5.41) is 2.91. The lowest BCUT2D eigenvalue weighted by atomic mass is 10.3. The van der Waals surface area contributed by atoms with Crippen molar-refractivity contribution in [1.29, 1.82) is 0 Å². The van der Waals surface area contributed by atoms with Crippen LogP contribution in [-0.4, -0.2) is 22.8 Å². The van der Waals surface area contributed by atoms with Gasteiger partial charge >= 0.3 is 0 Å². The Bertz CT molecular complexity index is 537. The minimum Gasteiger partial charge on any atom is -0.382 e. The van der Waals surface area contributed by atoms with Gasteiger partial charge in [-0.05, 0) is 25.5 Å². The van der Waals surface area contributed by atoms with E-state index in [0.29, 0.717) is 24.8 Å². The summed E-state index contributed by atoms with van der Waals surface area (Å²) in [5.74, 6) is -0.699. The van der Waals surface area contributed by atoms with E-state index >= 15 is 0 Å². The fourth-order valence-corrected chi connectivity index (χ4v) is 1.85. The predicted molar refractivity (Wildman–Crippen MR) is 73.0 cm³/mol. The normalized spacial score (nSPS) is 10.8. The number of ether oxygens (including phenoxy) is 1. The van der Waals surface area contributed by atoms with Crippen molar-refractivity contribution in [1.82, 2.24) is 9.55 Å². The van der Waals surface area contributed by atoms with Crippen LogP contribution in [0.1, 0.15) is 13.3 Å². The standard InChI is InChI=1S/C14H17F2N3O/c1-2-20-7-3-5-19-6-4-17-14(19)18-13-9-11(15)8-12(16)10-13/h4,6,8-10H,2-3,5,7H2,1H3,(H,17,18). The molecule has 0 amide bonds. The lowest BCUT2D eigenvalue weighted by Gasteiger charge is -2.10. The molecule has 0 radical (unpaired) electrons. The molecule has 0 spiro atoms. The highest BCUT2D eigenvalue weighted by atomic mass is 19.1. The van der Waals surface area contributed by atoms with Gasteiger partial charge in [0.15, 0.2) is 0 Å². The van der Waals surface area contributed by atoms with E-state index in [-0.39, 0.29) is 0 Å². The summed E-state index contributed by atoms with van der Waals surface area (Å²) < 4.78 is 33.4. The lowest BCUT2D eigenvalue weighted by molar-refractivity contribution is 0.142. The second-order valence-corrected chi connectivity index (χ2v) is 4.28. The minimum atomic E-state index is -0.623. The van der Waals surface area contributed by atoms with Crippen molar-refractivity contribution in [2.45, 2.75) is 19.9 Å². The molecule has 0 aliphatic heterocycles. The zero-order valence-electron chi connectivity index (χ0n) is 11.3. The van der Waals surface area contributed by atoms with Crippen LogP contribution in [0, 0.1) is 11.6 Å². The Morgan fingerprint density at radius 3 is 2.70 bits per heavy atom. The van der Waals surface area contributed by atoms with Crippen LogP contribution < -0.4 is 5.32 Å². The van der Waals surface area contributed by atoms with E-state index in [1.165, 1.54) is 12.1 Å². The van der Waals surface area contributed by atoms with Gasteiger partial charge in [0.1, 0.15) is 11.6 Å². The van der Waals surface area contributed by atoms with E-state index in [1.54, 1.807) is 6.20 Å². The number of hydrogen-bond acceptors (Lipinski definition) is 3. The molecule has 2 rings (SSSR count). The van der Waals surface area contributed by atoms with Crippen LogP contribution in [0.5, 0.6) is 0 Å². The summed E-state index contributed by atoms with van der Waals surface area (Å²) in [7, 11) is 0. The molecular formula is C14H17F2N3O. The number of halogens is 2. The van der Waals surface area contributed by atoms with Crippen LogP contribution in [0.4, 0.5) is 20.4 Å². The van der Waals surface area contributed by atoms with Crippen molar-refractivity contribution in [3.8, 4) is 0 Å². The third-order valence-corrected chi connectivity index (χ3v) is 2.73. The Balaban J connectivity index is 2.00. The Morgan fingerprint density at radius 1 is 1.25 bits per heavy atom. The molecule has 1 N–H and O–H groups in total. The minimum absolute atomic E-state index is 0.333. The molecular weight excluding hydrogens is 264 g/mol. The maximum absolute atomic E-state index is 13.1. The highest BCUT2D eigenvalue weighted by Gasteiger charge is 2.05. The van der Waals surface area contributed by atoms with Crippen LogP contribution in [-0.2, 0) is 11.3 Å². The summed E-state index contributed by atoms with van der Waals surface area (Å²) in [6, 6.07) is 3.28. The molecule has 0 fully saturated rings. The maximum atomic E-state index is 13.1. The monoisotopic (exact) mass is 281 g/mol. The van der Waals surface area contributed by atoms with E-state index in [4.69, 9.17) is 4.74 Å². The number of imidazole rings is 1. The van der Waals surface area contributed by atoms with Crippen molar-refractivity contribution in [2.24, 2.45) is 0 Å². The van der Waals surface area contributed by atoms with E-state index in [1.807, 2.05) is 17.7 Å². The molecule has 0 atom stereocenters. The van der Waals surface area contributed by atoms with Crippen LogP contribution in [0.25, 0.3) is 0 Å². The molecule has 0 bridgehead atoms. The molecule has 2 aromatic rings. The third kappa shape index (κ3) is 4.03. The molecule has 0 saturated carbocycles. The summed E-state index contributed by atoms with van der Waals surface area (Å²) in [5.41, 5.74) is 0.333. The largest absolute Gasteiger partial charge is 0.382 e. The predicted octanol–water partition coefficient (Wildman–Crippen LogP) is 3.33. The molecule has 1 heterocycles. The quantitative estimate of drug-likeness (QED) is 0.791. The summed E-state index contributed by atoms with van der Waals surface area (Å²) in [6.45, 7) is 4.03. The first-order chi connectivity index (χ1) is 9.69. The Labute approximate surface area is 116 Å². The highest BCUT2D eigenvalue weighted by molar-refractivity contribution is 5.53. The van der Waals surface area contributed by atoms with Crippen LogP contribution in [0.2, 0.25) is 0 Å². The maximum Gasteiger partial charge on any atom is 0.207 e. The fraction of sp³-hybridized carbons (Fsp3) is 0.357. The van der Waals surface area contributed by atoms with Crippen molar-refractivity contribution in [3.63, 3.8) is 0 Å². The summed E-state index contributed by atoms with van der Waals surface area (Å²) >= 11 is 0. The van der Waals surface area contributed by atoms with Gasteiger partial charge in [-0.15, -0.1) is 0 Å². The fourth-order valence-electron chi connectivity index (χ4n) is 1.85. The van der Waals surface area contributed by atoms with Gasteiger partial charge in [-0.2, -0.15) is 0 Å². The van der Waals surface area contributed by atoms with Crippen molar-refractivity contribution in [3.05, 3.63) is 42.2 Å². The average molecular weight is 281 g/mol. The number of hydrogen-bond donors (Lipinski definition) is 1. The molecule has 0 aliphatic carbocycles. The molecule has 0 saturated heterocycles. The summed E-state index contributed by atoms with van der Waals surface area (Å²) in [6.07, 6.45) is 4.29. The topological polar surface area (TPSA) is 39.1 Å². The number of nitrogens with one attached hydrogen (secondary N) is 1. The number of aromatic nitrogens is 2. The van der Waals surface area contributed by atoms with E-state index in [0.717, 1.165) is 19.0 Å². The molecule has 108 valence electrons. The van der Waals surface area contributed by atoms with Crippen LogP contribution in [0.3, 0.4) is 0 Å². The molecule has 1 aromatic carbocycles. The Hall–Kier alpha value is -1.95. The highest BCUT2D eigenvalue weighted by Crippen LogP contribution is 2.18. The molecule has 4 nitrogen and oxygen atoms in total. The zero-order chi connectivity index (χ0) is 14.4. The Kier molecular flexibility index (Phi) is 5.06.